The van der Waals surface area contributed by atoms with Crippen LogP contribution in [-0.2, 0) is 6.18 Å². The summed E-state index contributed by atoms with van der Waals surface area (Å²) in [5, 5.41) is 0. The Hall–Kier alpha value is -0.730. The van der Waals surface area contributed by atoms with Gasteiger partial charge < -0.3 is 0 Å². The predicted molar refractivity (Wildman–Crippen MR) is 59.1 cm³/mol. The first-order valence-electron chi connectivity index (χ1n) is 4.34. The highest BCUT2D eigenvalue weighted by Crippen LogP contribution is 2.37. The summed E-state index contributed by atoms with van der Waals surface area (Å²) in [7, 11) is 0. The van der Waals surface area contributed by atoms with Crippen molar-refractivity contribution in [3.8, 4) is 0 Å². The van der Waals surface area contributed by atoms with E-state index in [4.69, 9.17) is 0 Å². The summed E-state index contributed by atoms with van der Waals surface area (Å²) in [5.41, 5.74) is -2.62. The number of alkyl halides is 5. The van der Waals surface area contributed by atoms with E-state index in [2.05, 4.69) is 0 Å². The molecule has 0 N–H and O–H groups in total. The standard InChI is InChI=1S/C10H6F5IO/c1-4(17)8-6(10(13,14)15)2-5(9(11)12)3-7(8)16/h2-3,9H,1H3. The lowest BCUT2D eigenvalue weighted by Crippen LogP contribution is -2.14. The van der Waals surface area contributed by atoms with Gasteiger partial charge in [-0.25, -0.2) is 8.78 Å². The molecule has 1 nitrogen and oxygen atoms in total. The van der Waals surface area contributed by atoms with Crippen LogP contribution in [0.2, 0.25) is 0 Å². The highest BCUT2D eigenvalue weighted by molar-refractivity contribution is 14.1. The van der Waals surface area contributed by atoms with Gasteiger partial charge in [-0.1, -0.05) is 0 Å². The molecule has 0 aliphatic rings. The molecular formula is C10H6F5IO. The van der Waals surface area contributed by atoms with E-state index in [1.54, 1.807) is 0 Å². The number of halogens is 6. The second kappa shape index (κ2) is 4.87. The summed E-state index contributed by atoms with van der Waals surface area (Å²) in [6.07, 6.45) is -7.84. The summed E-state index contributed by atoms with van der Waals surface area (Å²) in [5.74, 6) is -0.803. The number of ketones is 1. The second-order valence-electron chi connectivity index (χ2n) is 3.28. The molecule has 0 saturated heterocycles. The number of rotatable bonds is 2. The van der Waals surface area contributed by atoms with E-state index < -0.39 is 35.1 Å². The second-order valence-corrected chi connectivity index (χ2v) is 4.44. The minimum absolute atomic E-state index is 0.125. The first-order valence-corrected chi connectivity index (χ1v) is 5.42. The molecule has 0 bridgehead atoms. The average Bonchev–Trinajstić information content (AvgIpc) is 2.14. The molecule has 0 aromatic heterocycles. The molecule has 0 aliphatic heterocycles. The normalized spacial score (nSPS) is 12.0. The zero-order chi connectivity index (χ0) is 13.4. The molecule has 94 valence electrons. The highest BCUT2D eigenvalue weighted by Gasteiger charge is 2.36. The molecule has 7 heteroatoms. The Labute approximate surface area is 107 Å². The van der Waals surface area contributed by atoms with Crippen molar-refractivity contribution in [2.24, 2.45) is 0 Å². The lowest BCUT2D eigenvalue weighted by atomic mass is 10.0. The highest BCUT2D eigenvalue weighted by atomic mass is 127. The monoisotopic (exact) mass is 364 g/mol. The number of benzene rings is 1. The van der Waals surface area contributed by atoms with E-state index in [0.717, 1.165) is 13.0 Å². The van der Waals surface area contributed by atoms with Crippen LogP contribution in [-0.4, -0.2) is 5.78 Å². The molecule has 0 fully saturated rings. The van der Waals surface area contributed by atoms with Crippen LogP contribution in [0.4, 0.5) is 22.0 Å². The summed E-state index contributed by atoms with van der Waals surface area (Å²) in [6.45, 7) is 0.967. The molecule has 17 heavy (non-hydrogen) atoms. The van der Waals surface area contributed by atoms with Crippen molar-refractivity contribution in [1.82, 2.24) is 0 Å². The Bertz CT molecular complexity index is 453. The lowest BCUT2D eigenvalue weighted by molar-refractivity contribution is -0.138. The molecular weight excluding hydrogens is 358 g/mol. The smallest absolute Gasteiger partial charge is 0.294 e. The number of Topliss-reactive ketones (excluding diaryl/α,β-unsaturated/α-hetero) is 1. The fraction of sp³-hybridized carbons (Fsp3) is 0.300. The maximum Gasteiger partial charge on any atom is 0.417 e. The SMILES string of the molecule is CC(=O)c1c(I)cc(C(F)F)cc1C(F)(F)F. The van der Waals surface area contributed by atoms with Gasteiger partial charge in [0.15, 0.2) is 5.78 Å². The van der Waals surface area contributed by atoms with Gasteiger partial charge in [0.05, 0.1) is 5.56 Å². The molecule has 0 heterocycles. The molecule has 0 spiro atoms. The van der Waals surface area contributed by atoms with E-state index in [1.807, 2.05) is 0 Å². The average molecular weight is 364 g/mol. The third kappa shape index (κ3) is 3.14. The molecule has 0 aliphatic carbocycles. The zero-order valence-electron chi connectivity index (χ0n) is 8.41. The predicted octanol–water partition coefficient (Wildman–Crippen LogP) is 4.45. The van der Waals surface area contributed by atoms with E-state index in [-0.39, 0.29) is 3.57 Å². The van der Waals surface area contributed by atoms with Gasteiger partial charge in [-0.05, 0) is 41.6 Å². The van der Waals surface area contributed by atoms with Crippen LogP contribution in [0.3, 0.4) is 0 Å². The van der Waals surface area contributed by atoms with Gasteiger partial charge in [-0.2, -0.15) is 13.2 Å². The maximum atomic E-state index is 12.6. The molecule has 1 aromatic carbocycles. The summed E-state index contributed by atoms with van der Waals surface area (Å²) in [4.78, 5) is 11.1. The minimum atomic E-state index is -4.83. The Morgan fingerprint density at radius 2 is 1.82 bits per heavy atom. The van der Waals surface area contributed by atoms with Crippen LogP contribution in [0.25, 0.3) is 0 Å². The first kappa shape index (κ1) is 14.3. The summed E-state index contributed by atoms with van der Waals surface area (Å²) < 4.78 is 62.6. The quantitative estimate of drug-likeness (QED) is 0.431. The van der Waals surface area contributed by atoms with E-state index in [1.165, 1.54) is 22.6 Å². The van der Waals surface area contributed by atoms with Crippen molar-refractivity contribution < 1.29 is 26.7 Å². The molecule has 0 amide bonds. The van der Waals surface area contributed by atoms with Gasteiger partial charge in [0.1, 0.15) is 0 Å². The molecule has 1 aromatic rings. The zero-order valence-corrected chi connectivity index (χ0v) is 10.6. The number of carbonyl (C=O) groups is 1. The van der Waals surface area contributed by atoms with E-state index >= 15 is 0 Å². The van der Waals surface area contributed by atoms with Crippen LogP contribution in [0.15, 0.2) is 12.1 Å². The van der Waals surface area contributed by atoms with Crippen LogP contribution in [0, 0.1) is 3.57 Å². The third-order valence-electron chi connectivity index (χ3n) is 2.02. The van der Waals surface area contributed by atoms with Gasteiger partial charge >= 0.3 is 6.18 Å². The minimum Gasteiger partial charge on any atom is -0.294 e. The number of hydrogen-bond donors (Lipinski definition) is 0. The van der Waals surface area contributed by atoms with Crippen molar-refractivity contribution in [2.75, 3.05) is 0 Å². The van der Waals surface area contributed by atoms with Gasteiger partial charge in [0, 0.05) is 14.7 Å². The molecule has 1 rings (SSSR count). The Morgan fingerprint density at radius 1 is 1.29 bits per heavy atom. The van der Waals surface area contributed by atoms with Gasteiger partial charge in [-0.15, -0.1) is 0 Å². The first-order chi connectivity index (χ1) is 7.64. The Balaban J connectivity index is 3.57. The van der Waals surface area contributed by atoms with Crippen LogP contribution < -0.4 is 0 Å². The Kier molecular flexibility index (Phi) is 4.11. The van der Waals surface area contributed by atoms with Crippen molar-refractivity contribution >= 4 is 28.4 Å². The van der Waals surface area contributed by atoms with Gasteiger partial charge in [-0.3, -0.25) is 4.79 Å². The Morgan fingerprint density at radius 3 is 2.18 bits per heavy atom. The van der Waals surface area contributed by atoms with Gasteiger partial charge in [0.2, 0.25) is 0 Å². The molecule has 0 radical (unpaired) electrons. The summed E-state index contributed by atoms with van der Waals surface area (Å²) >= 11 is 1.45. The fourth-order valence-electron chi connectivity index (χ4n) is 1.34. The molecule has 0 unspecified atom stereocenters. The third-order valence-corrected chi connectivity index (χ3v) is 2.87. The van der Waals surface area contributed by atoms with Crippen molar-refractivity contribution in [3.63, 3.8) is 0 Å². The van der Waals surface area contributed by atoms with Crippen LogP contribution >= 0.6 is 22.6 Å². The fourth-order valence-corrected chi connectivity index (χ4v) is 2.36. The largest absolute Gasteiger partial charge is 0.417 e. The lowest BCUT2D eigenvalue weighted by Gasteiger charge is -2.14. The molecule has 0 saturated carbocycles. The van der Waals surface area contributed by atoms with Crippen LogP contribution in [0.5, 0.6) is 0 Å². The topological polar surface area (TPSA) is 17.1 Å². The van der Waals surface area contributed by atoms with Crippen molar-refractivity contribution in [1.29, 1.82) is 0 Å². The van der Waals surface area contributed by atoms with Crippen molar-refractivity contribution in [2.45, 2.75) is 19.5 Å². The maximum absolute atomic E-state index is 12.6. The number of hydrogen-bond acceptors (Lipinski definition) is 1. The van der Waals surface area contributed by atoms with Gasteiger partial charge in [0.25, 0.3) is 6.43 Å². The van der Waals surface area contributed by atoms with Crippen LogP contribution in [0.1, 0.15) is 34.8 Å². The van der Waals surface area contributed by atoms with Crippen molar-refractivity contribution in [3.05, 3.63) is 32.4 Å². The summed E-state index contributed by atoms with van der Waals surface area (Å²) in [6, 6.07) is 1.21. The molecule has 0 atom stereocenters. The number of carbonyl (C=O) groups excluding carboxylic acids is 1. The van der Waals surface area contributed by atoms with E-state index in [9.17, 15) is 26.7 Å². The van der Waals surface area contributed by atoms with E-state index in [0.29, 0.717) is 6.07 Å².